The van der Waals surface area contributed by atoms with E-state index in [1.165, 1.54) is 25.7 Å². The number of rotatable bonds is 5. The molecule has 0 amide bonds. The Hall–Kier alpha value is 0.690. The second-order valence-corrected chi connectivity index (χ2v) is 4.08. The topological polar surface area (TPSA) is 26.0 Å². The predicted molar refractivity (Wildman–Crippen MR) is 51.0 cm³/mol. The van der Waals surface area contributed by atoms with E-state index in [0.717, 1.165) is 10.5 Å². The smallest absolute Gasteiger partial charge is 0.0110 e. The highest BCUT2D eigenvalue weighted by molar-refractivity contribution is 14.1. The maximum absolute atomic E-state index is 5.37. The highest BCUT2D eigenvalue weighted by atomic mass is 127. The Morgan fingerprint density at radius 1 is 1.44 bits per heavy atom. The summed E-state index contributed by atoms with van der Waals surface area (Å²) in [6.07, 6.45) is 5.14. The molecule has 0 radical (unpaired) electrons. The van der Waals surface area contributed by atoms with Crippen molar-refractivity contribution in [2.24, 2.45) is 5.73 Å². The molecule has 2 heteroatoms. The van der Waals surface area contributed by atoms with Crippen LogP contribution in [0.3, 0.4) is 0 Å². The summed E-state index contributed by atoms with van der Waals surface area (Å²) in [6, 6.07) is 0. The van der Waals surface area contributed by atoms with Gasteiger partial charge in [0.1, 0.15) is 0 Å². The molecule has 0 saturated carbocycles. The van der Waals surface area contributed by atoms with Crippen molar-refractivity contribution in [1.82, 2.24) is 0 Å². The lowest BCUT2D eigenvalue weighted by atomic mass is 10.2. The van der Waals surface area contributed by atoms with Crippen LogP contribution in [0.15, 0.2) is 0 Å². The molecule has 0 fully saturated rings. The van der Waals surface area contributed by atoms with Crippen molar-refractivity contribution in [2.45, 2.75) is 36.5 Å². The lowest BCUT2D eigenvalue weighted by Gasteiger charge is -2.05. The van der Waals surface area contributed by atoms with Crippen LogP contribution in [-0.2, 0) is 0 Å². The largest absolute Gasteiger partial charge is 0.330 e. The Morgan fingerprint density at radius 2 is 2.11 bits per heavy atom. The fraction of sp³-hybridized carbons (Fsp3) is 1.00. The lowest BCUT2D eigenvalue weighted by Crippen LogP contribution is -2.03. The van der Waals surface area contributed by atoms with E-state index in [4.69, 9.17) is 5.73 Å². The third-order valence-corrected chi connectivity index (χ3v) is 2.57. The van der Waals surface area contributed by atoms with Crippen molar-refractivity contribution >= 4 is 22.6 Å². The van der Waals surface area contributed by atoms with E-state index in [1.807, 2.05) is 0 Å². The first-order valence-corrected chi connectivity index (χ1v) is 4.90. The Balaban J connectivity index is 2.95. The Kier molecular flexibility index (Phi) is 7.33. The Morgan fingerprint density at radius 3 is 2.56 bits per heavy atom. The molecule has 0 heterocycles. The number of hydrogen-bond donors (Lipinski definition) is 1. The molecular formula is C7H16IN. The first-order chi connectivity index (χ1) is 4.31. The van der Waals surface area contributed by atoms with E-state index in [-0.39, 0.29) is 0 Å². The summed E-state index contributed by atoms with van der Waals surface area (Å²) in [5.41, 5.74) is 5.37. The van der Waals surface area contributed by atoms with Gasteiger partial charge in [-0.25, -0.2) is 0 Å². The van der Waals surface area contributed by atoms with Crippen LogP contribution in [0.4, 0.5) is 0 Å². The first kappa shape index (κ1) is 9.69. The summed E-state index contributed by atoms with van der Waals surface area (Å²) in [4.78, 5) is 0. The van der Waals surface area contributed by atoms with Gasteiger partial charge in [0.05, 0.1) is 0 Å². The van der Waals surface area contributed by atoms with Crippen LogP contribution in [-0.4, -0.2) is 10.5 Å². The molecule has 0 aliphatic rings. The van der Waals surface area contributed by atoms with Crippen LogP contribution in [0.5, 0.6) is 0 Å². The number of hydrogen-bond acceptors (Lipinski definition) is 1. The van der Waals surface area contributed by atoms with Crippen molar-refractivity contribution in [1.29, 1.82) is 0 Å². The van der Waals surface area contributed by atoms with Crippen molar-refractivity contribution in [2.75, 3.05) is 6.54 Å². The van der Waals surface area contributed by atoms with Crippen LogP contribution >= 0.6 is 22.6 Å². The van der Waals surface area contributed by atoms with Gasteiger partial charge in [-0.2, -0.15) is 0 Å². The van der Waals surface area contributed by atoms with Crippen LogP contribution in [0.2, 0.25) is 0 Å². The molecule has 56 valence electrons. The standard InChI is InChI=1S/C7H16IN/c1-2-4-7(8)5-3-6-9/h7H,2-6,9H2,1H3. The zero-order valence-electron chi connectivity index (χ0n) is 6.07. The van der Waals surface area contributed by atoms with Gasteiger partial charge in [-0.1, -0.05) is 35.9 Å². The molecule has 0 aromatic heterocycles. The fourth-order valence-electron chi connectivity index (χ4n) is 0.797. The number of alkyl halides is 1. The van der Waals surface area contributed by atoms with E-state index in [1.54, 1.807) is 0 Å². The molecule has 0 aliphatic heterocycles. The van der Waals surface area contributed by atoms with Gasteiger partial charge in [-0.15, -0.1) is 0 Å². The molecule has 2 N–H and O–H groups in total. The van der Waals surface area contributed by atoms with Gasteiger partial charge in [0.25, 0.3) is 0 Å². The molecular weight excluding hydrogens is 225 g/mol. The van der Waals surface area contributed by atoms with Crippen molar-refractivity contribution in [3.8, 4) is 0 Å². The molecule has 0 spiro atoms. The Bertz CT molecular complexity index is 56.9. The molecule has 0 aliphatic carbocycles. The maximum atomic E-state index is 5.37. The number of nitrogens with two attached hydrogens (primary N) is 1. The summed E-state index contributed by atoms with van der Waals surface area (Å²) >= 11 is 2.51. The predicted octanol–water partition coefficient (Wildman–Crippen LogP) is 2.33. The van der Waals surface area contributed by atoms with E-state index in [2.05, 4.69) is 29.5 Å². The van der Waals surface area contributed by atoms with Gasteiger partial charge < -0.3 is 5.73 Å². The third-order valence-electron chi connectivity index (χ3n) is 1.32. The zero-order valence-corrected chi connectivity index (χ0v) is 8.23. The van der Waals surface area contributed by atoms with Crippen molar-refractivity contribution < 1.29 is 0 Å². The second kappa shape index (κ2) is 6.81. The summed E-state index contributed by atoms with van der Waals surface area (Å²) in [5, 5.41) is 0. The van der Waals surface area contributed by atoms with Gasteiger partial charge in [0.2, 0.25) is 0 Å². The lowest BCUT2D eigenvalue weighted by molar-refractivity contribution is 0.670. The van der Waals surface area contributed by atoms with Crippen LogP contribution in [0, 0.1) is 0 Å². The Labute approximate surface area is 71.5 Å². The van der Waals surface area contributed by atoms with Gasteiger partial charge >= 0.3 is 0 Å². The molecule has 0 rings (SSSR count). The average molecular weight is 241 g/mol. The van der Waals surface area contributed by atoms with E-state index >= 15 is 0 Å². The zero-order chi connectivity index (χ0) is 7.11. The summed E-state index contributed by atoms with van der Waals surface area (Å²) < 4.78 is 0.858. The number of halogens is 1. The second-order valence-electron chi connectivity index (χ2n) is 2.32. The SMILES string of the molecule is CCCC(I)CCCN. The third kappa shape index (κ3) is 6.58. The van der Waals surface area contributed by atoms with Gasteiger partial charge in [-0.3, -0.25) is 0 Å². The minimum Gasteiger partial charge on any atom is -0.330 e. The molecule has 1 unspecified atom stereocenters. The fourth-order valence-corrected chi connectivity index (χ4v) is 1.86. The van der Waals surface area contributed by atoms with Gasteiger partial charge in [0.15, 0.2) is 0 Å². The average Bonchev–Trinajstić information content (AvgIpc) is 1.85. The highest BCUT2D eigenvalue weighted by Crippen LogP contribution is 2.13. The van der Waals surface area contributed by atoms with Gasteiger partial charge in [0, 0.05) is 3.92 Å². The summed E-state index contributed by atoms with van der Waals surface area (Å²) in [7, 11) is 0. The monoisotopic (exact) mass is 241 g/mol. The minimum atomic E-state index is 0.850. The first-order valence-electron chi connectivity index (χ1n) is 3.65. The van der Waals surface area contributed by atoms with E-state index in [9.17, 15) is 0 Å². The molecule has 9 heavy (non-hydrogen) atoms. The quantitative estimate of drug-likeness (QED) is 0.580. The van der Waals surface area contributed by atoms with E-state index < -0.39 is 0 Å². The molecule has 0 saturated heterocycles. The molecule has 0 aromatic rings. The minimum absolute atomic E-state index is 0.850. The van der Waals surface area contributed by atoms with Crippen LogP contribution in [0.25, 0.3) is 0 Å². The summed E-state index contributed by atoms with van der Waals surface area (Å²) in [5.74, 6) is 0. The molecule has 0 aromatic carbocycles. The molecule has 1 atom stereocenters. The highest BCUT2D eigenvalue weighted by Gasteiger charge is 1.99. The molecule has 0 bridgehead atoms. The van der Waals surface area contributed by atoms with Crippen LogP contribution < -0.4 is 5.73 Å². The van der Waals surface area contributed by atoms with Crippen molar-refractivity contribution in [3.05, 3.63) is 0 Å². The summed E-state index contributed by atoms with van der Waals surface area (Å²) in [6.45, 7) is 3.08. The van der Waals surface area contributed by atoms with Crippen molar-refractivity contribution in [3.63, 3.8) is 0 Å². The van der Waals surface area contributed by atoms with Gasteiger partial charge in [-0.05, 0) is 25.8 Å². The maximum Gasteiger partial charge on any atom is 0.0110 e. The van der Waals surface area contributed by atoms with Crippen LogP contribution in [0.1, 0.15) is 32.6 Å². The van der Waals surface area contributed by atoms with E-state index in [0.29, 0.717) is 0 Å². The molecule has 1 nitrogen and oxygen atoms in total. The normalized spacial score (nSPS) is 13.7.